The number of nitrogens with zero attached hydrogens (tertiary/aromatic N) is 2. The van der Waals surface area contributed by atoms with Crippen molar-refractivity contribution in [1.82, 2.24) is 9.13 Å². The highest BCUT2D eigenvalue weighted by molar-refractivity contribution is 7.87. The topological polar surface area (TPSA) is 87.4 Å². The molecule has 0 aliphatic heterocycles. The van der Waals surface area contributed by atoms with Crippen LogP contribution in [0.2, 0.25) is 0 Å². The molecule has 1 aromatic heterocycles. The van der Waals surface area contributed by atoms with Crippen LogP contribution in [0.5, 0.6) is 5.75 Å². The molecule has 1 heterocycles. The molecule has 1 aromatic carbocycles. The maximum Gasteiger partial charge on any atom is 0.346 e. The van der Waals surface area contributed by atoms with Crippen molar-refractivity contribution in [3.63, 3.8) is 0 Å². The van der Waals surface area contributed by atoms with E-state index in [1.165, 1.54) is 21.0 Å². The van der Waals surface area contributed by atoms with E-state index < -0.39 is 26.3 Å². The first kappa shape index (κ1) is 18.0. The monoisotopic (exact) mass is 352 g/mol. The third-order valence-corrected chi connectivity index (χ3v) is 5.49. The highest BCUT2D eigenvalue weighted by atomic mass is 32.2. The Kier molecular flexibility index (Phi) is 4.45. The van der Waals surface area contributed by atoms with E-state index in [-0.39, 0.29) is 11.4 Å². The Bertz CT molecular complexity index is 1050. The van der Waals surface area contributed by atoms with Gasteiger partial charge in [0.1, 0.15) is 5.75 Å². The lowest BCUT2D eigenvalue weighted by molar-refractivity contribution is 0.476. The van der Waals surface area contributed by atoms with Gasteiger partial charge in [-0.05, 0) is 50.5 Å². The summed E-state index contributed by atoms with van der Waals surface area (Å²) >= 11 is 0. The SMILES string of the molecule is Cc1cc(C)c(C)c(OS(=O)(=O)c2c(C)n(C)c(=O)n(C)c2=O)c1. The molecule has 0 bridgehead atoms. The molecule has 0 radical (unpaired) electrons. The fraction of sp³-hybridized carbons (Fsp3) is 0.375. The van der Waals surface area contributed by atoms with Gasteiger partial charge in [0.25, 0.3) is 5.56 Å². The van der Waals surface area contributed by atoms with Gasteiger partial charge in [-0.3, -0.25) is 13.9 Å². The minimum absolute atomic E-state index is 0.0325. The maximum absolute atomic E-state index is 12.7. The summed E-state index contributed by atoms with van der Waals surface area (Å²) in [5.74, 6) is 0.169. The molecule has 0 unspecified atom stereocenters. The molecule has 2 aromatic rings. The second-order valence-corrected chi connectivity index (χ2v) is 7.35. The van der Waals surface area contributed by atoms with Gasteiger partial charge in [-0.25, -0.2) is 4.79 Å². The summed E-state index contributed by atoms with van der Waals surface area (Å²) in [6.07, 6.45) is 0. The molecule has 0 aliphatic carbocycles. The maximum atomic E-state index is 12.7. The molecular weight excluding hydrogens is 332 g/mol. The van der Waals surface area contributed by atoms with Crippen molar-refractivity contribution in [2.45, 2.75) is 32.6 Å². The first-order chi connectivity index (χ1) is 11.0. The van der Waals surface area contributed by atoms with Gasteiger partial charge in [0.05, 0.1) is 0 Å². The molecule has 7 nitrogen and oxygen atoms in total. The van der Waals surface area contributed by atoms with E-state index in [9.17, 15) is 18.0 Å². The number of rotatable bonds is 3. The van der Waals surface area contributed by atoms with Crippen molar-refractivity contribution < 1.29 is 12.6 Å². The van der Waals surface area contributed by atoms with Crippen LogP contribution in [-0.4, -0.2) is 17.6 Å². The van der Waals surface area contributed by atoms with Crippen LogP contribution in [0.4, 0.5) is 0 Å². The van der Waals surface area contributed by atoms with E-state index in [4.69, 9.17) is 4.18 Å². The van der Waals surface area contributed by atoms with Gasteiger partial charge in [-0.1, -0.05) is 6.07 Å². The summed E-state index contributed by atoms with van der Waals surface area (Å²) in [5, 5.41) is 0. The molecule has 0 amide bonds. The third kappa shape index (κ3) is 2.89. The zero-order valence-electron chi connectivity index (χ0n) is 14.5. The molecule has 24 heavy (non-hydrogen) atoms. The molecule has 8 heteroatoms. The quantitative estimate of drug-likeness (QED) is 0.772. The van der Waals surface area contributed by atoms with Gasteiger partial charge >= 0.3 is 15.8 Å². The van der Waals surface area contributed by atoms with Crippen LogP contribution in [0.25, 0.3) is 0 Å². The van der Waals surface area contributed by atoms with Crippen LogP contribution < -0.4 is 15.4 Å². The second-order valence-electron chi connectivity index (χ2n) is 5.86. The van der Waals surface area contributed by atoms with Gasteiger partial charge in [-0.2, -0.15) is 8.42 Å². The van der Waals surface area contributed by atoms with Gasteiger partial charge in [0.2, 0.25) is 0 Å². The van der Waals surface area contributed by atoms with Crippen molar-refractivity contribution in [2.24, 2.45) is 14.1 Å². The lowest BCUT2D eigenvalue weighted by Gasteiger charge is -2.15. The van der Waals surface area contributed by atoms with E-state index in [1.807, 2.05) is 19.9 Å². The minimum Gasteiger partial charge on any atom is -0.378 e. The van der Waals surface area contributed by atoms with Crippen molar-refractivity contribution >= 4 is 10.1 Å². The molecule has 0 saturated heterocycles. The van der Waals surface area contributed by atoms with Crippen LogP contribution >= 0.6 is 0 Å². The Morgan fingerprint density at radius 2 is 1.54 bits per heavy atom. The highest BCUT2D eigenvalue weighted by Gasteiger charge is 2.28. The number of aromatic nitrogens is 2. The Labute approximate surface area is 140 Å². The summed E-state index contributed by atoms with van der Waals surface area (Å²) in [5.41, 5.74) is 0.920. The van der Waals surface area contributed by atoms with Gasteiger partial charge < -0.3 is 4.18 Å². The molecule has 0 aliphatic rings. The second kappa shape index (κ2) is 5.94. The largest absolute Gasteiger partial charge is 0.378 e. The molecular formula is C16H20N2O5S. The highest BCUT2D eigenvalue weighted by Crippen LogP contribution is 2.26. The third-order valence-electron chi connectivity index (χ3n) is 4.12. The number of benzene rings is 1. The Morgan fingerprint density at radius 1 is 0.958 bits per heavy atom. The predicted molar refractivity (Wildman–Crippen MR) is 90.1 cm³/mol. The number of aryl methyl sites for hydroxylation is 2. The Balaban J connectivity index is 2.71. The van der Waals surface area contributed by atoms with Crippen LogP contribution in [0.15, 0.2) is 26.6 Å². The zero-order chi connectivity index (χ0) is 18.4. The van der Waals surface area contributed by atoms with Crippen LogP contribution in [0.3, 0.4) is 0 Å². The van der Waals surface area contributed by atoms with E-state index in [0.717, 1.165) is 20.3 Å². The molecule has 0 fully saturated rings. The number of hydrogen-bond donors (Lipinski definition) is 0. The molecule has 2 rings (SSSR count). The molecule has 0 spiro atoms. The normalized spacial score (nSPS) is 11.6. The summed E-state index contributed by atoms with van der Waals surface area (Å²) in [6.45, 7) is 6.81. The smallest absolute Gasteiger partial charge is 0.346 e. The van der Waals surface area contributed by atoms with Crippen molar-refractivity contribution in [2.75, 3.05) is 0 Å². The van der Waals surface area contributed by atoms with Gasteiger partial charge in [-0.15, -0.1) is 0 Å². The standard InChI is InChI=1S/C16H20N2O5S/c1-9-7-10(2)11(3)13(8-9)23-24(21,22)14-12(4)17(5)16(20)18(6)15(14)19/h7-8H,1-6H3. The predicted octanol–water partition coefficient (Wildman–Crippen LogP) is 1.09. The fourth-order valence-electron chi connectivity index (χ4n) is 2.45. The van der Waals surface area contributed by atoms with Crippen LogP contribution in [-0.2, 0) is 24.2 Å². The Hall–Kier alpha value is -2.35. The lowest BCUT2D eigenvalue weighted by Crippen LogP contribution is -2.41. The average molecular weight is 352 g/mol. The van der Waals surface area contributed by atoms with E-state index in [0.29, 0.717) is 5.56 Å². The van der Waals surface area contributed by atoms with Gasteiger partial charge in [0.15, 0.2) is 4.90 Å². The average Bonchev–Trinajstić information content (AvgIpc) is 2.47. The molecule has 0 N–H and O–H groups in total. The number of hydrogen-bond acceptors (Lipinski definition) is 5. The van der Waals surface area contributed by atoms with Crippen LogP contribution in [0.1, 0.15) is 22.4 Å². The summed E-state index contributed by atoms with van der Waals surface area (Å²) in [7, 11) is -1.76. The zero-order valence-corrected chi connectivity index (χ0v) is 15.3. The first-order valence-electron chi connectivity index (χ1n) is 7.26. The van der Waals surface area contributed by atoms with Gasteiger partial charge in [0, 0.05) is 19.8 Å². The first-order valence-corrected chi connectivity index (χ1v) is 8.67. The molecule has 0 atom stereocenters. The fourth-order valence-corrected chi connectivity index (χ4v) is 3.79. The summed E-state index contributed by atoms with van der Waals surface area (Å²) in [4.78, 5) is 23.7. The van der Waals surface area contributed by atoms with Crippen molar-refractivity contribution in [1.29, 1.82) is 0 Å². The van der Waals surface area contributed by atoms with E-state index >= 15 is 0 Å². The molecule has 0 saturated carbocycles. The van der Waals surface area contributed by atoms with Crippen LogP contribution in [0, 0.1) is 27.7 Å². The van der Waals surface area contributed by atoms with Crippen molar-refractivity contribution in [3.05, 3.63) is 55.4 Å². The summed E-state index contributed by atoms with van der Waals surface area (Å²) < 4.78 is 32.5. The lowest BCUT2D eigenvalue weighted by atomic mass is 10.1. The van der Waals surface area contributed by atoms with E-state index in [1.54, 1.807) is 13.0 Å². The minimum atomic E-state index is -4.39. The molecule has 130 valence electrons. The summed E-state index contributed by atoms with van der Waals surface area (Å²) in [6, 6.07) is 3.51. The Morgan fingerprint density at radius 3 is 2.12 bits per heavy atom. The van der Waals surface area contributed by atoms with Crippen molar-refractivity contribution in [3.8, 4) is 5.75 Å². The van der Waals surface area contributed by atoms with E-state index in [2.05, 4.69) is 0 Å².